The van der Waals surface area contributed by atoms with Crippen LogP contribution in [-0.2, 0) is 22.9 Å². The smallest absolute Gasteiger partial charge is 0.294 e. The Labute approximate surface area is 144 Å². The molecule has 126 valence electrons. The van der Waals surface area contributed by atoms with E-state index < -0.39 is 10.2 Å². The molecule has 2 aromatic rings. The van der Waals surface area contributed by atoms with Crippen LogP contribution in [0, 0.1) is 20.2 Å². The predicted octanol–water partition coefficient (Wildman–Crippen LogP) is 3.30. The summed E-state index contributed by atoms with van der Waals surface area (Å²) in [5, 5.41) is 19.4. The molecule has 24 heavy (non-hydrogen) atoms. The second kappa shape index (κ2) is 8.93. The molecule has 9 nitrogen and oxygen atoms in total. The zero-order valence-corrected chi connectivity index (χ0v) is 13.7. The molecule has 0 aliphatic rings. The SMILES string of the molecule is O=[N+]([O-])OCc1ccc(SSc2ncccc2CO[N+](=O)[O-])cc1. The van der Waals surface area contributed by atoms with Gasteiger partial charge in [-0.05, 0) is 34.6 Å². The average Bonchev–Trinajstić information content (AvgIpc) is 2.57. The predicted molar refractivity (Wildman–Crippen MR) is 86.0 cm³/mol. The van der Waals surface area contributed by atoms with Gasteiger partial charge in [-0.1, -0.05) is 29.0 Å². The van der Waals surface area contributed by atoms with Crippen molar-refractivity contribution in [2.75, 3.05) is 0 Å². The van der Waals surface area contributed by atoms with Crippen molar-refractivity contribution in [2.24, 2.45) is 0 Å². The molecular formula is C13H11N3O6S2. The van der Waals surface area contributed by atoms with Crippen LogP contribution in [0.25, 0.3) is 0 Å². The van der Waals surface area contributed by atoms with E-state index in [1.165, 1.54) is 21.6 Å². The first-order valence-corrected chi connectivity index (χ1v) is 8.61. The maximum Gasteiger partial charge on any atom is 0.294 e. The van der Waals surface area contributed by atoms with Gasteiger partial charge in [0.05, 0.1) is 0 Å². The Hall–Kier alpha value is -2.53. The lowest BCUT2D eigenvalue weighted by molar-refractivity contribution is -0.763. The van der Waals surface area contributed by atoms with Gasteiger partial charge in [-0.25, -0.2) is 4.98 Å². The molecule has 0 bridgehead atoms. The highest BCUT2D eigenvalue weighted by Crippen LogP contribution is 2.38. The summed E-state index contributed by atoms with van der Waals surface area (Å²) in [5.41, 5.74) is 1.29. The number of pyridine rings is 1. The summed E-state index contributed by atoms with van der Waals surface area (Å²) in [5.74, 6) is 0. The molecule has 0 N–H and O–H groups in total. The van der Waals surface area contributed by atoms with E-state index in [0.717, 1.165) is 4.90 Å². The van der Waals surface area contributed by atoms with Gasteiger partial charge < -0.3 is 9.68 Å². The molecule has 0 saturated carbocycles. The van der Waals surface area contributed by atoms with Gasteiger partial charge in [-0.3, -0.25) is 0 Å². The van der Waals surface area contributed by atoms with Crippen LogP contribution >= 0.6 is 21.6 Å². The standard InChI is InChI=1S/C13H11N3O6S2/c17-15(18)21-8-10-3-5-12(6-4-10)23-24-13-11(2-1-7-14-13)9-22-16(19)20/h1-7H,8-9H2. The molecule has 0 aliphatic carbocycles. The zero-order chi connectivity index (χ0) is 17.4. The number of hydrogen-bond donors (Lipinski definition) is 0. The minimum atomic E-state index is -0.847. The molecule has 0 saturated heterocycles. The summed E-state index contributed by atoms with van der Waals surface area (Å²) < 4.78 is 0. The Morgan fingerprint density at radius 3 is 2.29 bits per heavy atom. The third-order valence-electron chi connectivity index (χ3n) is 2.65. The van der Waals surface area contributed by atoms with Crippen LogP contribution < -0.4 is 0 Å². The highest BCUT2D eigenvalue weighted by molar-refractivity contribution is 8.76. The van der Waals surface area contributed by atoms with E-state index in [9.17, 15) is 20.2 Å². The Kier molecular flexibility index (Phi) is 6.63. The number of rotatable bonds is 9. The molecule has 0 aliphatic heterocycles. The van der Waals surface area contributed by atoms with Crippen molar-refractivity contribution in [2.45, 2.75) is 23.1 Å². The van der Waals surface area contributed by atoms with E-state index in [0.29, 0.717) is 16.2 Å². The van der Waals surface area contributed by atoms with E-state index in [2.05, 4.69) is 14.7 Å². The second-order valence-corrected chi connectivity index (χ2v) is 6.46. The van der Waals surface area contributed by atoms with Crippen LogP contribution in [0.3, 0.4) is 0 Å². The summed E-state index contributed by atoms with van der Waals surface area (Å²) in [6.07, 6.45) is 1.59. The fourth-order valence-electron chi connectivity index (χ4n) is 1.59. The summed E-state index contributed by atoms with van der Waals surface area (Å²) in [6.45, 7) is -0.269. The molecule has 1 aromatic heterocycles. The molecule has 1 heterocycles. The molecule has 0 radical (unpaired) electrons. The van der Waals surface area contributed by atoms with Gasteiger partial charge in [0, 0.05) is 16.7 Å². The minimum absolute atomic E-state index is 0.103. The van der Waals surface area contributed by atoms with Gasteiger partial charge in [0.15, 0.2) is 0 Å². The van der Waals surface area contributed by atoms with Crippen molar-refractivity contribution < 1.29 is 19.8 Å². The maximum absolute atomic E-state index is 10.3. The van der Waals surface area contributed by atoms with Gasteiger partial charge in [0.25, 0.3) is 10.2 Å². The van der Waals surface area contributed by atoms with Crippen molar-refractivity contribution in [1.29, 1.82) is 0 Å². The summed E-state index contributed by atoms with van der Waals surface area (Å²) in [7, 11) is 2.75. The molecular weight excluding hydrogens is 358 g/mol. The van der Waals surface area contributed by atoms with Crippen LogP contribution in [-0.4, -0.2) is 15.2 Å². The first kappa shape index (κ1) is 17.8. The number of aromatic nitrogens is 1. The van der Waals surface area contributed by atoms with Crippen LogP contribution in [0.15, 0.2) is 52.5 Å². The van der Waals surface area contributed by atoms with Crippen molar-refractivity contribution in [3.8, 4) is 0 Å². The monoisotopic (exact) mass is 369 g/mol. The summed E-state index contributed by atoms with van der Waals surface area (Å²) >= 11 is 0. The van der Waals surface area contributed by atoms with E-state index in [1.807, 2.05) is 0 Å². The van der Waals surface area contributed by atoms with Gasteiger partial charge in [0.1, 0.15) is 18.2 Å². The van der Waals surface area contributed by atoms with Crippen molar-refractivity contribution >= 4 is 21.6 Å². The molecule has 1 aromatic carbocycles. The topological polar surface area (TPSA) is 118 Å². The Morgan fingerprint density at radius 1 is 0.958 bits per heavy atom. The Bertz CT molecular complexity index is 713. The first-order valence-electron chi connectivity index (χ1n) is 6.46. The van der Waals surface area contributed by atoms with Gasteiger partial charge in [-0.2, -0.15) is 0 Å². The number of nitrogens with zero attached hydrogens (tertiary/aromatic N) is 3. The van der Waals surface area contributed by atoms with E-state index in [-0.39, 0.29) is 13.2 Å². The lowest BCUT2D eigenvalue weighted by Gasteiger charge is -2.07. The molecule has 0 fully saturated rings. The zero-order valence-electron chi connectivity index (χ0n) is 12.1. The molecule has 11 heteroatoms. The fourth-order valence-corrected chi connectivity index (χ4v) is 3.66. The number of hydrogen-bond acceptors (Lipinski definition) is 9. The highest BCUT2D eigenvalue weighted by Gasteiger charge is 2.08. The van der Waals surface area contributed by atoms with E-state index in [4.69, 9.17) is 0 Å². The Morgan fingerprint density at radius 2 is 1.62 bits per heavy atom. The van der Waals surface area contributed by atoms with Crippen molar-refractivity contribution in [3.63, 3.8) is 0 Å². The average molecular weight is 369 g/mol. The molecule has 0 spiro atoms. The lowest BCUT2D eigenvalue weighted by atomic mass is 10.2. The Balaban J connectivity index is 1.93. The third kappa shape index (κ3) is 5.93. The first-order chi connectivity index (χ1) is 11.5. The number of benzene rings is 1. The molecule has 2 rings (SSSR count). The van der Waals surface area contributed by atoms with Gasteiger partial charge in [0.2, 0.25) is 0 Å². The molecule has 0 atom stereocenters. The van der Waals surface area contributed by atoms with Gasteiger partial charge >= 0.3 is 0 Å². The summed E-state index contributed by atoms with van der Waals surface area (Å²) in [4.78, 5) is 34.2. The van der Waals surface area contributed by atoms with Crippen LogP contribution in [0.4, 0.5) is 0 Å². The quantitative estimate of drug-likeness (QED) is 0.372. The van der Waals surface area contributed by atoms with E-state index in [1.54, 1.807) is 42.6 Å². The fraction of sp³-hybridized carbons (Fsp3) is 0.154. The lowest BCUT2D eigenvalue weighted by Crippen LogP contribution is -2.02. The summed E-state index contributed by atoms with van der Waals surface area (Å²) in [6, 6.07) is 10.4. The van der Waals surface area contributed by atoms with Crippen LogP contribution in [0.2, 0.25) is 0 Å². The van der Waals surface area contributed by atoms with Crippen LogP contribution in [0.5, 0.6) is 0 Å². The van der Waals surface area contributed by atoms with Gasteiger partial charge in [-0.15, -0.1) is 20.2 Å². The van der Waals surface area contributed by atoms with Crippen molar-refractivity contribution in [1.82, 2.24) is 4.98 Å². The van der Waals surface area contributed by atoms with E-state index >= 15 is 0 Å². The largest absolute Gasteiger partial charge is 0.309 e. The molecule has 0 amide bonds. The molecule has 0 unspecified atom stereocenters. The normalized spacial score (nSPS) is 10.2. The van der Waals surface area contributed by atoms with Crippen LogP contribution in [0.1, 0.15) is 11.1 Å². The highest BCUT2D eigenvalue weighted by atomic mass is 33.1. The third-order valence-corrected chi connectivity index (χ3v) is 5.03. The van der Waals surface area contributed by atoms with Crippen molar-refractivity contribution in [3.05, 3.63) is 74.0 Å². The second-order valence-electron chi connectivity index (χ2n) is 4.27. The maximum atomic E-state index is 10.3. The minimum Gasteiger partial charge on any atom is -0.309 e.